The highest BCUT2D eigenvalue weighted by Gasteiger charge is 2.35. The van der Waals surface area contributed by atoms with Crippen molar-refractivity contribution in [2.75, 3.05) is 26.2 Å². The van der Waals surface area contributed by atoms with E-state index in [1.807, 2.05) is 0 Å². The Morgan fingerprint density at radius 3 is 2.81 bits per heavy atom. The van der Waals surface area contributed by atoms with E-state index in [-0.39, 0.29) is 24.8 Å². The van der Waals surface area contributed by atoms with Crippen LogP contribution in [0.2, 0.25) is 0 Å². The predicted molar refractivity (Wildman–Crippen MR) is 85.6 cm³/mol. The number of rotatable bonds is 4. The SMILES string of the molecule is O=C1NCCN(Cc2cccc(C(F)(F)F)c2)C1CC(=O)N1CCCO1. The lowest BCUT2D eigenvalue weighted by atomic mass is 10.0. The Morgan fingerprint density at radius 2 is 2.12 bits per heavy atom. The Kier molecular flexibility index (Phi) is 5.47. The standard InChI is InChI=1S/C17H20F3N3O3/c18-17(19,20)13-4-1-3-12(9-13)11-22-7-5-21-16(25)14(22)10-15(24)23-6-2-8-26-23/h1,3-4,9,14H,2,5-8,10-11H2,(H,21,25). The van der Waals surface area contributed by atoms with Crippen LogP contribution in [-0.4, -0.2) is 54.1 Å². The number of piperazine rings is 1. The third-order valence-electron chi connectivity index (χ3n) is 4.48. The third-order valence-corrected chi connectivity index (χ3v) is 4.48. The van der Waals surface area contributed by atoms with E-state index >= 15 is 0 Å². The van der Waals surface area contributed by atoms with Gasteiger partial charge in [-0.2, -0.15) is 13.2 Å². The molecule has 2 heterocycles. The van der Waals surface area contributed by atoms with E-state index in [0.717, 1.165) is 18.6 Å². The van der Waals surface area contributed by atoms with Gasteiger partial charge in [0.05, 0.1) is 31.2 Å². The minimum Gasteiger partial charge on any atom is -0.353 e. The van der Waals surface area contributed by atoms with Gasteiger partial charge in [0.25, 0.3) is 0 Å². The second-order valence-corrected chi connectivity index (χ2v) is 6.36. The van der Waals surface area contributed by atoms with Crippen LogP contribution in [0, 0.1) is 0 Å². The van der Waals surface area contributed by atoms with Crippen molar-refractivity contribution in [3.8, 4) is 0 Å². The van der Waals surface area contributed by atoms with Crippen molar-refractivity contribution in [3.63, 3.8) is 0 Å². The molecule has 0 aromatic heterocycles. The zero-order chi connectivity index (χ0) is 18.7. The highest BCUT2D eigenvalue weighted by Crippen LogP contribution is 2.30. The summed E-state index contributed by atoms with van der Waals surface area (Å²) in [4.78, 5) is 31.5. The number of hydrogen-bond donors (Lipinski definition) is 1. The topological polar surface area (TPSA) is 61.9 Å². The Labute approximate surface area is 148 Å². The van der Waals surface area contributed by atoms with Gasteiger partial charge in [0, 0.05) is 19.6 Å². The first-order valence-electron chi connectivity index (χ1n) is 8.46. The van der Waals surface area contributed by atoms with E-state index in [1.165, 1.54) is 11.1 Å². The maximum atomic E-state index is 12.9. The van der Waals surface area contributed by atoms with Crippen LogP contribution in [0.3, 0.4) is 0 Å². The molecular weight excluding hydrogens is 351 g/mol. The Bertz CT molecular complexity index is 675. The predicted octanol–water partition coefficient (Wildman–Crippen LogP) is 1.56. The summed E-state index contributed by atoms with van der Waals surface area (Å²) in [6.07, 6.45) is -3.74. The highest BCUT2D eigenvalue weighted by atomic mass is 19.4. The number of nitrogens with zero attached hydrogens (tertiary/aromatic N) is 2. The summed E-state index contributed by atoms with van der Waals surface area (Å²) in [5, 5.41) is 3.96. The van der Waals surface area contributed by atoms with Crippen LogP contribution in [-0.2, 0) is 27.1 Å². The van der Waals surface area contributed by atoms with Gasteiger partial charge in [0.2, 0.25) is 11.8 Å². The molecule has 1 aromatic rings. The molecule has 1 N–H and O–H groups in total. The molecule has 2 fully saturated rings. The Balaban J connectivity index is 1.72. The quantitative estimate of drug-likeness (QED) is 0.873. The van der Waals surface area contributed by atoms with Crippen LogP contribution in [0.25, 0.3) is 0 Å². The summed E-state index contributed by atoms with van der Waals surface area (Å²) in [6, 6.07) is 4.30. The molecule has 1 atom stereocenters. The fourth-order valence-electron chi connectivity index (χ4n) is 3.17. The maximum absolute atomic E-state index is 12.9. The number of nitrogens with one attached hydrogen (secondary N) is 1. The molecular formula is C17H20F3N3O3. The summed E-state index contributed by atoms with van der Waals surface area (Å²) in [6.45, 7) is 1.97. The van der Waals surface area contributed by atoms with Gasteiger partial charge in [0.1, 0.15) is 0 Å². The van der Waals surface area contributed by atoms with E-state index in [4.69, 9.17) is 4.84 Å². The molecule has 1 aromatic carbocycles. The van der Waals surface area contributed by atoms with Crippen LogP contribution >= 0.6 is 0 Å². The van der Waals surface area contributed by atoms with Crippen molar-refractivity contribution < 1.29 is 27.6 Å². The average Bonchev–Trinajstić information content (AvgIpc) is 3.12. The molecule has 0 aliphatic carbocycles. The van der Waals surface area contributed by atoms with Crippen LogP contribution in [0.4, 0.5) is 13.2 Å². The molecule has 2 saturated heterocycles. The number of halogens is 3. The lowest BCUT2D eigenvalue weighted by Crippen LogP contribution is -2.56. The van der Waals surface area contributed by atoms with Crippen LogP contribution in [0.15, 0.2) is 24.3 Å². The molecule has 3 rings (SSSR count). The molecule has 6 nitrogen and oxygen atoms in total. The van der Waals surface area contributed by atoms with Crippen LogP contribution in [0.5, 0.6) is 0 Å². The van der Waals surface area contributed by atoms with Crippen molar-refractivity contribution in [2.24, 2.45) is 0 Å². The van der Waals surface area contributed by atoms with Gasteiger partial charge in [-0.05, 0) is 18.1 Å². The Morgan fingerprint density at radius 1 is 1.31 bits per heavy atom. The molecule has 142 valence electrons. The molecule has 0 saturated carbocycles. The van der Waals surface area contributed by atoms with Gasteiger partial charge in [-0.25, -0.2) is 5.06 Å². The van der Waals surface area contributed by atoms with Gasteiger partial charge in [-0.1, -0.05) is 18.2 Å². The lowest BCUT2D eigenvalue weighted by molar-refractivity contribution is -0.171. The third kappa shape index (κ3) is 4.34. The molecule has 26 heavy (non-hydrogen) atoms. The molecule has 0 bridgehead atoms. The molecule has 1 unspecified atom stereocenters. The van der Waals surface area contributed by atoms with E-state index in [9.17, 15) is 22.8 Å². The van der Waals surface area contributed by atoms with E-state index in [1.54, 1.807) is 11.0 Å². The summed E-state index contributed by atoms with van der Waals surface area (Å²) in [5.41, 5.74) is -0.279. The minimum absolute atomic E-state index is 0.0647. The van der Waals surface area contributed by atoms with Crippen molar-refractivity contribution in [1.29, 1.82) is 0 Å². The molecule has 2 aliphatic rings. The van der Waals surface area contributed by atoms with E-state index < -0.39 is 17.8 Å². The van der Waals surface area contributed by atoms with Crippen molar-refractivity contribution in [3.05, 3.63) is 35.4 Å². The molecule has 2 aliphatic heterocycles. The maximum Gasteiger partial charge on any atom is 0.416 e. The Hall–Kier alpha value is -2.13. The second kappa shape index (κ2) is 7.63. The fraction of sp³-hybridized carbons (Fsp3) is 0.529. The monoisotopic (exact) mass is 371 g/mol. The summed E-state index contributed by atoms with van der Waals surface area (Å²) >= 11 is 0. The van der Waals surface area contributed by atoms with E-state index in [0.29, 0.717) is 31.8 Å². The first-order chi connectivity index (χ1) is 12.3. The molecule has 2 amide bonds. The summed E-state index contributed by atoms with van der Waals surface area (Å²) < 4.78 is 38.7. The van der Waals surface area contributed by atoms with Gasteiger partial charge < -0.3 is 5.32 Å². The van der Waals surface area contributed by atoms with Gasteiger partial charge in [-0.15, -0.1) is 0 Å². The largest absolute Gasteiger partial charge is 0.416 e. The zero-order valence-electron chi connectivity index (χ0n) is 14.1. The smallest absolute Gasteiger partial charge is 0.353 e. The van der Waals surface area contributed by atoms with Gasteiger partial charge in [0.15, 0.2) is 0 Å². The second-order valence-electron chi connectivity index (χ2n) is 6.36. The fourth-order valence-corrected chi connectivity index (χ4v) is 3.17. The number of amides is 2. The molecule has 0 radical (unpaired) electrons. The summed E-state index contributed by atoms with van der Waals surface area (Å²) in [7, 11) is 0. The number of hydrogen-bond acceptors (Lipinski definition) is 4. The first kappa shape index (κ1) is 18.7. The number of carbonyl (C=O) groups excluding carboxylic acids is 2. The number of hydroxylamine groups is 2. The van der Waals surface area contributed by atoms with Crippen molar-refractivity contribution in [1.82, 2.24) is 15.3 Å². The number of benzene rings is 1. The number of alkyl halides is 3. The van der Waals surface area contributed by atoms with Crippen molar-refractivity contribution in [2.45, 2.75) is 31.6 Å². The normalized spacial score (nSPS) is 21.7. The van der Waals surface area contributed by atoms with Crippen LogP contribution in [0.1, 0.15) is 24.0 Å². The van der Waals surface area contributed by atoms with Gasteiger partial charge in [-0.3, -0.25) is 19.3 Å². The highest BCUT2D eigenvalue weighted by molar-refractivity contribution is 5.88. The average molecular weight is 371 g/mol. The lowest BCUT2D eigenvalue weighted by Gasteiger charge is -2.35. The van der Waals surface area contributed by atoms with E-state index in [2.05, 4.69) is 5.32 Å². The first-order valence-corrected chi connectivity index (χ1v) is 8.46. The van der Waals surface area contributed by atoms with Crippen molar-refractivity contribution >= 4 is 11.8 Å². The number of carbonyl (C=O) groups is 2. The van der Waals surface area contributed by atoms with Gasteiger partial charge >= 0.3 is 6.18 Å². The van der Waals surface area contributed by atoms with Crippen LogP contribution < -0.4 is 5.32 Å². The minimum atomic E-state index is -4.42. The zero-order valence-corrected chi connectivity index (χ0v) is 14.1. The molecule has 9 heteroatoms. The summed E-state index contributed by atoms with van der Waals surface area (Å²) in [5.74, 6) is -0.589. The molecule has 0 spiro atoms.